The predicted octanol–water partition coefficient (Wildman–Crippen LogP) is 3.92. The van der Waals surface area contributed by atoms with Gasteiger partial charge in [0.05, 0.1) is 20.4 Å². The van der Waals surface area contributed by atoms with Crippen molar-refractivity contribution >= 4 is 33.0 Å². The number of hydrogen-bond donors (Lipinski definition) is 0. The monoisotopic (exact) mass is 467 g/mol. The van der Waals surface area contributed by atoms with Crippen molar-refractivity contribution in [3.05, 3.63) is 62.9 Å². The Hall–Kier alpha value is -2.44. The van der Waals surface area contributed by atoms with Crippen molar-refractivity contribution in [2.75, 3.05) is 31.1 Å². The highest BCUT2D eigenvalue weighted by Crippen LogP contribution is 2.37. The summed E-state index contributed by atoms with van der Waals surface area (Å²) in [7, 11) is -4.26. The Labute approximate surface area is 173 Å². The molecule has 7 nitrogen and oxygen atoms in total. The molecule has 0 N–H and O–H groups in total. The van der Waals surface area contributed by atoms with E-state index < -0.39 is 48.1 Å². The molecule has 1 aliphatic heterocycles. The number of nitro benzene ring substituents is 1. The maximum Gasteiger partial charge on any atom is 0.417 e. The molecule has 2 aromatic rings. The molecule has 0 spiro atoms. The second kappa shape index (κ2) is 8.00. The molecule has 13 heteroatoms. The van der Waals surface area contributed by atoms with Crippen LogP contribution in [0.1, 0.15) is 5.56 Å². The van der Waals surface area contributed by atoms with Crippen LogP contribution in [0.15, 0.2) is 41.3 Å². The minimum Gasteiger partial charge on any atom is -0.363 e. The summed E-state index contributed by atoms with van der Waals surface area (Å²) in [6, 6.07) is 5.91. The maximum absolute atomic E-state index is 13.8. The van der Waals surface area contributed by atoms with Crippen molar-refractivity contribution in [1.29, 1.82) is 0 Å². The molecular weight excluding hydrogens is 454 g/mol. The number of rotatable bonds is 4. The van der Waals surface area contributed by atoms with E-state index in [1.165, 1.54) is 17.0 Å². The molecule has 0 atom stereocenters. The van der Waals surface area contributed by atoms with Gasteiger partial charge < -0.3 is 4.90 Å². The van der Waals surface area contributed by atoms with Crippen LogP contribution in [0, 0.1) is 15.9 Å². The fourth-order valence-corrected chi connectivity index (χ4v) is 4.81. The number of nitrogens with zero attached hydrogens (tertiary/aromatic N) is 3. The summed E-state index contributed by atoms with van der Waals surface area (Å²) in [6.45, 7) is -0.327. The number of halogens is 5. The molecule has 0 radical (unpaired) electrons. The van der Waals surface area contributed by atoms with Crippen molar-refractivity contribution in [3.8, 4) is 0 Å². The quantitative estimate of drug-likeness (QED) is 0.386. The largest absolute Gasteiger partial charge is 0.417 e. The Kier molecular flexibility index (Phi) is 5.94. The van der Waals surface area contributed by atoms with Gasteiger partial charge in [0.25, 0.3) is 0 Å². The second-order valence-corrected chi connectivity index (χ2v) is 8.74. The Bertz CT molecular complexity index is 1090. The van der Waals surface area contributed by atoms with Crippen molar-refractivity contribution < 1.29 is 30.9 Å². The number of anilines is 1. The zero-order valence-corrected chi connectivity index (χ0v) is 16.6. The third-order valence-electron chi connectivity index (χ3n) is 4.61. The van der Waals surface area contributed by atoms with E-state index in [4.69, 9.17) is 11.6 Å². The molecule has 0 saturated carbocycles. The molecular formula is C17H14ClF4N3O4S. The fourth-order valence-electron chi connectivity index (χ4n) is 3.14. The summed E-state index contributed by atoms with van der Waals surface area (Å²) in [5.41, 5.74) is -1.98. The smallest absolute Gasteiger partial charge is 0.363 e. The first-order valence-electron chi connectivity index (χ1n) is 8.47. The van der Waals surface area contributed by atoms with Crippen molar-refractivity contribution in [2.45, 2.75) is 11.1 Å². The number of benzene rings is 2. The topological polar surface area (TPSA) is 83.8 Å². The van der Waals surface area contributed by atoms with E-state index in [2.05, 4.69) is 0 Å². The van der Waals surface area contributed by atoms with Crippen LogP contribution in [0.5, 0.6) is 0 Å². The Balaban J connectivity index is 1.84. The van der Waals surface area contributed by atoms with E-state index in [1.807, 2.05) is 0 Å². The van der Waals surface area contributed by atoms with Gasteiger partial charge in [0, 0.05) is 26.2 Å². The summed E-state index contributed by atoms with van der Waals surface area (Å²) in [6.07, 6.45) is -4.82. The van der Waals surface area contributed by atoms with Crippen LogP contribution in [0.2, 0.25) is 5.02 Å². The molecule has 1 aliphatic rings. The van der Waals surface area contributed by atoms with E-state index >= 15 is 0 Å². The molecule has 1 heterocycles. The zero-order valence-electron chi connectivity index (χ0n) is 15.1. The molecule has 1 fully saturated rings. The highest BCUT2D eigenvalue weighted by atomic mass is 35.5. The standard InChI is InChI=1S/C17H14ClF4N3O4S/c18-13-5-4-11(10-12(13)17(20,21)22)30(28,29)24-8-6-23(7-9-24)15-3-1-2-14(19)16(15)25(26)27/h1-5,10H,6-9H2. The lowest BCUT2D eigenvalue weighted by molar-refractivity contribution is -0.386. The van der Waals surface area contributed by atoms with E-state index in [9.17, 15) is 36.1 Å². The van der Waals surface area contributed by atoms with Gasteiger partial charge in [-0.05, 0) is 30.3 Å². The molecule has 0 aromatic heterocycles. The summed E-state index contributed by atoms with van der Waals surface area (Å²) in [5.74, 6) is -1.02. The van der Waals surface area contributed by atoms with Gasteiger partial charge in [0.15, 0.2) is 0 Å². The number of piperazine rings is 1. The van der Waals surface area contributed by atoms with Crippen molar-refractivity contribution in [1.82, 2.24) is 4.31 Å². The Morgan fingerprint density at radius 2 is 1.70 bits per heavy atom. The van der Waals surface area contributed by atoms with Gasteiger partial charge in [0.2, 0.25) is 15.8 Å². The van der Waals surface area contributed by atoms with Crippen LogP contribution in [-0.4, -0.2) is 43.8 Å². The van der Waals surface area contributed by atoms with Crippen molar-refractivity contribution in [3.63, 3.8) is 0 Å². The van der Waals surface area contributed by atoms with Crippen LogP contribution in [0.4, 0.5) is 28.9 Å². The third kappa shape index (κ3) is 4.20. The Morgan fingerprint density at radius 1 is 1.07 bits per heavy atom. The summed E-state index contributed by atoms with van der Waals surface area (Å²) in [4.78, 5) is 11.2. The number of alkyl halides is 3. The molecule has 30 heavy (non-hydrogen) atoms. The average molecular weight is 468 g/mol. The molecule has 0 bridgehead atoms. The zero-order chi connectivity index (χ0) is 22.3. The number of hydrogen-bond acceptors (Lipinski definition) is 5. The average Bonchev–Trinajstić information content (AvgIpc) is 2.67. The predicted molar refractivity (Wildman–Crippen MR) is 100 cm³/mol. The molecule has 2 aromatic carbocycles. The third-order valence-corrected chi connectivity index (χ3v) is 6.83. The normalized spacial score (nSPS) is 16.0. The molecule has 0 unspecified atom stereocenters. The van der Waals surface area contributed by atoms with Gasteiger partial charge in [-0.3, -0.25) is 10.1 Å². The highest BCUT2D eigenvalue weighted by molar-refractivity contribution is 7.89. The van der Waals surface area contributed by atoms with E-state index in [-0.39, 0.29) is 31.9 Å². The molecule has 3 rings (SSSR count). The van der Waals surface area contributed by atoms with Gasteiger partial charge in [-0.25, -0.2) is 8.42 Å². The molecule has 162 valence electrons. The molecule has 1 saturated heterocycles. The van der Waals surface area contributed by atoms with Gasteiger partial charge in [-0.15, -0.1) is 0 Å². The van der Waals surface area contributed by atoms with E-state index in [0.29, 0.717) is 6.07 Å². The second-order valence-electron chi connectivity index (χ2n) is 6.40. The van der Waals surface area contributed by atoms with Gasteiger partial charge in [-0.2, -0.15) is 21.9 Å². The van der Waals surface area contributed by atoms with Crippen LogP contribution >= 0.6 is 11.6 Å². The van der Waals surface area contributed by atoms with Crippen molar-refractivity contribution in [2.24, 2.45) is 0 Å². The molecule has 0 aliphatic carbocycles. The van der Waals surface area contributed by atoms with Crippen LogP contribution in [-0.2, 0) is 16.2 Å². The number of para-hydroxylation sites is 1. The van der Waals surface area contributed by atoms with Crippen LogP contribution in [0.3, 0.4) is 0 Å². The lowest BCUT2D eigenvalue weighted by Crippen LogP contribution is -2.48. The summed E-state index contributed by atoms with van der Waals surface area (Å²) >= 11 is 5.54. The number of sulfonamides is 1. The first-order valence-corrected chi connectivity index (χ1v) is 10.3. The SMILES string of the molecule is O=[N+]([O-])c1c(F)cccc1N1CCN(S(=O)(=O)c2ccc(Cl)c(C(F)(F)F)c2)CC1. The lowest BCUT2D eigenvalue weighted by Gasteiger charge is -2.35. The minimum absolute atomic E-state index is 0.00268. The Morgan fingerprint density at radius 3 is 2.27 bits per heavy atom. The van der Waals surface area contributed by atoms with Crippen LogP contribution < -0.4 is 4.90 Å². The van der Waals surface area contributed by atoms with Gasteiger partial charge in [-0.1, -0.05) is 17.7 Å². The minimum atomic E-state index is -4.82. The highest BCUT2D eigenvalue weighted by Gasteiger charge is 2.36. The van der Waals surface area contributed by atoms with Gasteiger partial charge in [0.1, 0.15) is 5.69 Å². The molecule has 0 amide bonds. The first-order chi connectivity index (χ1) is 13.9. The van der Waals surface area contributed by atoms with Gasteiger partial charge >= 0.3 is 11.9 Å². The number of nitro groups is 1. The maximum atomic E-state index is 13.8. The van der Waals surface area contributed by atoms with E-state index in [1.54, 1.807) is 0 Å². The van der Waals surface area contributed by atoms with Crippen LogP contribution in [0.25, 0.3) is 0 Å². The lowest BCUT2D eigenvalue weighted by atomic mass is 10.2. The fraction of sp³-hybridized carbons (Fsp3) is 0.294. The summed E-state index contributed by atoms with van der Waals surface area (Å²) in [5, 5.41) is 10.5. The first kappa shape index (κ1) is 22.2. The summed E-state index contributed by atoms with van der Waals surface area (Å²) < 4.78 is 79.5. The van der Waals surface area contributed by atoms with E-state index in [0.717, 1.165) is 22.5 Å².